The van der Waals surface area contributed by atoms with E-state index in [4.69, 9.17) is 9.15 Å². The van der Waals surface area contributed by atoms with Gasteiger partial charge in [0.2, 0.25) is 11.8 Å². The molecule has 1 fully saturated rings. The van der Waals surface area contributed by atoms with E-state index in [0.717, 1.165) is 41.6 Å². The van der Waals surface area contributed by atoms with Crippen molar-refractivity contribution in [2.24, 2.45) is 0 Å². The fourth-order valence-corrected chi connectivity index (χ4v) is 3.78. The number of H-pyrrole nitrogens is 1. The van der Waals surface area contributed by atoms with Gasteiger partial charge in [0, 0.05) is 35.3 Å². The van der Waals surface area contributed by atoms with E-state index in [2.05, 4.69) is 34.3 Å². The molecule has 4 rings (SSSR count). The van der Waals surface area contributed by atoms with E-state index in [9.17, 15) is 4.79 Å². The standard InChI is InChI=1S/C19H22N4O3S/c1-11-12(2)21-16-6-5-13(8-15(11)16)18-22-23-19(26-18)27-10-17(24)20-9-14-4-3-7-25-14/h5-6,8,14,21H,3-4,7,9-10H2,1-2H3,(H,20,24)/t14-/m0/s1. The number of nitrogens with zero attached hydrogens (tertiary/aromatic N) is 2. The van der Waals surface area contributed by atoms with Crippen molar-refractivity contribution in [2.75, 3.05) is 18.9 Å². The second-order valence-electron chi connectivity index (χ2n) is 6.74. The number of carbonyl (C=O) groups excluding carboxylic acids is 1. The van der Waals surface area contributed by atoms with E-state index in [0.29, 0.717) is 17.7 Å². The molecule has 27 heavy (non-hydrogen) atoms. The number of fused-ring (bicyclic) bond motifs is 1. The zero-order chi connectivity index (χ0) is 18.8. The van der Waals surface area contributed by atoms with Crippen molar-refractivity contribution >= 4 is 28.6 Å². The van der Waals surface area contributed by atoms with Gasteiger partial charge in [0.15, 0.2) is 0 Å². The molecule has 2 N–H and O–H groups in total. The van der Waals surface area contributed by atoms with Crippen LogP contribution >= 0.6 is 11.8 Å². The molecule has 7 nitrogen and oxygen atoms in total. The van der Waals surface area contributed by atoms with E-state index in [1.165, 1.54) is 17.3 Å². The number of ether oxygens (including phenoxy) is 1. The van der Waals surface area contributed by atoms with Gasteiger partial charge >= 0.3 is 0 Å². The molecule has 1 aromatic carbocycles. The Balaban J connectivity index is 1.36. The number of rotatable bonds is 6. The second-order valence-corrected chi connectivity index (χ2v) is 7.66. The summed E-state index contributed by atoms with van der Waals surface area (Å²) in [4.78, 5) is 15.3. The highest BCUT2D eigenvalue weighted by molar-refractivity contribution is 7.99. The first-order chi connectivity index (χ1) is 13.1. The molecule has 1 aliphatic rings. The summed E-state index contributed by atoms with van der Waals surface area (Å²) in [6.45, 7) is 5.49. The van der Waals surface area contributed by atoms with Crippen molar-refractivity contribution in [3.8, 4) is 11.5 Å². The number of hydrogen-bond acceptors (Lipinski definition) is 6. The third-order valence-electron chi connectivity index (χ3n) is 4.84. The van der Waals surface area contributed by atoms with Gasteiger partial charge in [-0.3, -0.25) is 4.79 Å². The van der Waals surface area contributed by atoms with Crippen molar-refractivity contribution in [3.05, 3.63) is 29.5 Å². The Hall–Kier alpha value is -2.32. The van der Waals surface area contributed by atoms with Crippen LogP contribution in [0.15, 0.2) is 27.8 Å². The number of aromatic amines is 1. The summed E-state index contributed by atoms with van der Waals surface area (Å²) >= 11 is 1.24. The minimum absolute atomic E-state index is 0.0601. The Bertz CT molecular complexity index is 959. The van der Waals surface area contributed by atoms with Crippen molar-refractivity contribution in [3.63, 3.8) is 0 Å². The average Bonchev–Trinajstić information content (AvgIpc) is 3.40. The Morgan fingerprint density at radius 3 is 3.07 bits per heavy atom. The number of benzene rings is 1. The maximum atomic E-state index is 12.0. The summed E-state index contributed by atoms with van der Waals surface area (Å²) in [5, 5.41) is 12.6. The van der Waals surface area contributed by atoms with E-state index < -0.39 is 0 Å². The Morgan fingerprint density at radius 1 is 1.37 bits per heavy atom. The van der Waals surface area contributed by atoms with E-state index in [1.54, 1.807) is 0 Å². The van der Waals surface area contributed by atoms with Crippen LogP contribution < -0.4 is 5.32 Å². The molecule has 1 atom stereocenters. The molecule has 1 aliphatic heterocycles. The second kappa shape index (κ2) is 7.74. The van der Waals surface area contributed by atoms with Gasteiger partial charge in [-0.25, -0.2) is 0 Å². The Morgan fingerprint density at radius 2 is 2.26 bits per heavy atom. The molecule has 142 valence electrons. The van der Waals surface area contributed by atoms with Gasteiger partial charge in [0.1, 0.15) is 0 Å². The van der Waals surface area contributed by atoms with Gasteiger partial charge in [-0.2, -0.15) is 0 Å². The monoisotopic (exact) mass is 386 g/mol. The van der Waals surface area contributed by atoms with Crippen LogP contribution in [0.3, 0.4) is 0 Å². The molecule has 0 bridgehead atoms. The molecule has 1 amide bonds. The lowest BCUT2D eigenvalue weighted by molar-refractivity contribution is -0.119. The number of nitrogens with one attached hydrogen (secondary N) is 2. The summed E-state index contributed by atoms with van der Waals surface area (Å²) in [6, 6.07) is 6.01. The fraction of sp³-hybridized carbons (Fsp3) is 0.421. The van der Waals surface area contributed by atoms with Gasteiger partial charge in [-0.15, -0.1) is 10.2 Å². The highest BCUT2D eigenvalue weighted by Gasteiger charge is 2.17. The highest BCUT2D eigenvalue weighted by Crippen LogP contribution is 2.28. The van der Waals surface area contributed by atoms with Crippen LogP contribution in [-0.4, -0.2) is 46.1 Å². The zero-order valence-corrected chi connectivity index (χ0v) is 16.2. The largest absolute Gasteiger partial charge is 0.411 e. The summed E-state index contributed by atoms with van der Waals surface area (Å²) in [6.07, 6.45) is 2.21. The summed E-state index contributed by atoms with van der Waals surface area (Å²) in [5.41, 5.74) is 4.32. The van der Waals surface area contributed by atoms with Crippen LogP contribution in [0.25, 0.3) is 22.4 Å². The molecule has 0 aliphatic carbocycles. The molecule has 0 unspecified atom stereocenters. The van der Waals surface area contributed by atoms with Gasteiger partial charge in [-0.1, -0.05) is 11.8 Å². The zero-order valence-electron chi connectivity index (χ0n) is 15.4. The molecule has 0 spiro atoms. The van der Waals surface area contributed by atoms with Crippen LogP contribution in [0.5, 0.6) is 0 Å². The molecule has 0 saturated carbocycles. The number of aryl methyl sites for hydroxylation is 2. The SMILES string of the molecule is Cc1[nH]c2ccc(-c3nnc(SCC(=O)NC[C@@H]4CCCO4)o3)cc2c1C. The predicted molar refractivity (Wildman–Crippen MR) is 104 cm³/mol. The molecule has 2 aromatic heterocycles. The normalized spacial score (nSPS) is 16.9. The van der Waals surface area contributed by atoms with Gasteiger partial charge in [-0.05, 0) is 50.5 Å². The number of thioether (sulfide) groups is 1. The lowest BCUT2D eigenvalue weighted by Crippen LogP contribution is -2.32. The van der Waals surface area contributed by atoms with Gasteiger partial charge < -0.3 is 19.5 Å². The minimum atomic E-state index is -0.0601. The van der Waals surface area contributed by atoms with Crippen molar-refractivity contribution in [1.29, 1.82) is 0 Å². The summed E-state index contributed by atoms with van der Waals surface area (Å²) < 4.78 is 11.2. The first-order valence-corrected chi connectivity index (χ1v) is 10.0. The lowest BCUT2D eigenvalue weighted by Gasteiger charge is -2.09. The number of aromatic nitrogens is 3. The quantitative estimate of drug-likeness (QED) is 0.632. The first-order valence-electron chi connectivity index (χ1n) is 9.04. The summed E-state index contributed by atoms with van der Waals surface area (Å²) in [5.74, 6) is 0.635. The number of hydrogen-bond donors (Lipinski definition) is 2. The smallest absolute Gasteiger partial charge is 0.277 e. The number of amides is 1. The van der Waals surface area contributed by atoms with E-state index in [1.807, 2.05) is 18.2 Å². The fourth-order valence-electron chi connectivity index (χ4n) is 3.19. The van der Waals surface area contributed by atoms with E-state index in [-0.39, 0.29) is 17.8 Å². The Labute approximate surface area is 161 Å². The highest BCUT2D eigenvalue weighted by atomic mass is 32.2. The number of carbonyl (C=O) groups is 1. The summed E-state index contributed by atoms with van der Waals surface area (Å²) in [7, 11) is 0. The van der Waals surface area contributed by atoms with Crippen LogP contribution in [-0.2, 0) is 9.53 Å². The molecule has 0 radical (unpaired) electrons. The third kappa shape index (κ3) is 4.01. The molecule has 3 heterocycles. The van der Waals surface area contributed by atoms with Gasteiger partial charge in [0.25, 0.3) is 5.22 Å². The molecule has 3 aromatic rings. The minimum Gasteiger partial charge on any atom is -0.411 e. The molecular weight excluding hydrogens is 364 g/mol. The molecule has 8 heteroatoms. The van der Waals surface area contributed by atoms with Crippen molar-refractivity contribution in [1.82, 2.24) is 20.5 Å². The third-order valence-corrected chi connectivity index (χ3v) is 5.66. The lowest BCUT2D eigenvalue weighted by atomic mass is 10.1. The maximum Gasteiger partial charge on any atom is 0.277 e. The van der Waals surface area contributed by atoms with Crippen LogP contribution in [0, 0.1) is 13.8 Å². The van der Waals surface area contributed by atoms with Crippen molar-refractivity contribution in [2.45, 2.75) is 38.0 Å². The average molecular weight is 386 g/mol. The van der Waals surface area contributed by atoms with Crippen LogP contribution in [0.1, 0.15) is 24.1 Å². The first kappa shape index (κ1) is 18.1. The van der Waals surface area contributed by atoms with E-state index >= 15 is 0 Å². The van der Waals surface area contributed by atoms with Gasteiger partial charge in [0.05, 0.1) is 11.9 Å². The van der Waals surface area contributed by atoms with Crippen LogP contribution in [0.2, 0.25) is 0 Å². The topological polar surface area (TPSA) is 93.0 Å². The molecule has 1 saturated heterocycles. The van der Waals surface area contributed by atoms with Crippen molar-refractivity contribution < 1.29 is 13.9 Å². The Kier molecular flexibility index (Phi) is 5.18. The predicted octanol–water partition coefficient (Wildman–Crippen LogP) is 3.22. The molecular formula is C19H22N4O3S. The maximum absolute atomic E-state index is 12.0. The van der Waals surface area contributed by atoms with Crippen LogP contribution in [0.4, 0.5) is 0 Å².